The molecule has 2 aromatic rings. The van der Waals surface area contributed by atoms with Gasteiger partial charge < -0.3 is 9.64 Å². The third kappa shape index (κ3) is 4.00. The van der Waals surface area contributed by atoms with Gasteiger partial charge in [-0.15, -0.1) is 0 Å². The summed E-state index contributed by atoms with van der Waals surface area (Å²) < 4.78 is 18.5. The van der Waals surface area contributed by atoms with Gasteiger partial charge in [-0.05, 0) is 37.1 Å². The lowest BCUT2D eigenvalue weighted by atomic mass is 10.0. The van der Waals surface area contributed by atoms with Gasteiger partial charge in [-0.2, -0.15) is 4.98 Å². The van der Waals surface area contributed by atoms with Gasteiger partial charge in [-0.3, -0.25) is 4.90 Å². The zero-order valence-electron chi connectivity index (χ0n) is 14.2. The van der Waals surface area contributed by atoms with Crippen molar-refractivity contribution in [2.24, 2.45) is 0 Å². The Morgan fingerprint density at radius 3 is 3.04 bits per heavy atom. The minimum atomic E-state index is -0.178. The molecular formula is C18H23FN4O. The lowest BCUT2D eigenvalue weighted by molar-refractivity contribution is 0.198. The predicted molar refractivity (Wildman–Crippen MR) is 91.7 cm³/mol. The fourth-order valence-electron chi connectivity index (χ4n) is 3.16. The highest BCUT2D eigenvalue weighted by molar-refractivity contribution is 5.32. The average Bonchev–Trinajstić information content (AvgIpc) is 2.61. The molecule has 1 aromatic carbocycles. The Kier molecular flexibility index (Phi) is 5.25. The third-order valence-electron chi connectivity index (χ3n) is 4.47. The summed E-state index contributed by atoms with van der Waals surface area (Å²) in [5, 5.41) is 0. The number of methoxy groups -OCH3 is 1. The Balaban J connectivity index is 1.66. The Morgan fingerprint density at radius 2 is 2.25 bits per heavy atom. The van der Waals surface area contributed by atoms with E-state index in [4.69, 9.17) is 4.74 Å². The van der Waals surface area contributed by atoms with E-state index in [0.29, 0.717) is 17.9 Å². The average molecular weight is 330 g/mol. The third-order valence-corrected chi connectivity index (χ3v) is 4.47. The van der Waals surface area contributed by atoms with E-state index >= 15 is 0 Å². The Hall–Kier alpha value is -2.21. The van der Waals surface area contributed by atoms with Crippen LogP contribution < -0.4 is 9.64 Å². The second-order valence-electron chi connectivity index (χ2n) is 6.17. The van der Waals surface area contributed by atoms with Crippen LogP contribution in [-0.2, 0) is 6.54 Å². The van der Waals surface area contributed by atoms with Crippen LogP contribution in [0.15, 0.2) is 36.5 Å². The number of likely N-dealkylation sites (N-methyl/N-ethyl adjacent to an activating group) is 1. The first-order valence-electron chi connectivity index (χ1n) is 8.22. The minimum absolute atomic E-state index is 0.178. The summed E-state index contributed by atoms with van der Waals surface area (Å²) in [6.45, 7) is 2.70. The number of ether oxygens (including phenoxy) is 1. The van der Waals surface area contributed by atoms with Gasteiger partial charge in [-0.1, -0.05) is 12.1 Å². The molecule has 1 unspecified atom stereocenters. The van der Waals surface area contributed by atoms with E-state index < -0.39 is 0 Å². The van der Waals surface area contributed by atoms with E-state index in [1.165, 1.54) is 6.07 Å². The standard InChI is InChI=1S/C18H23FN4O/c1-22(18-20-9-8-17(21-18)24-2)16-7-4-10-23(13-16)12-14-5-3-6-15(19)11-14/h3,5-6,8-9,11,16H,4,7,10,12-13H2,1-2H3. The van der Waals surface area contributed by atoms with Gasteiger partial charge in [0.05, 0.1) is 7.11 Å². The van der Waals surface area contributed by atoms with Crippen molar-refractivity contribution in [3.05, 3.63) is 47.9 Å². The van der Waals surface area contributed by atoms with Gasteiger partial charge in [0.1, 0.15) is 5.82 Å². The lowest BCUT2D eigenvalue weighted by Gasteiger charge is -2.37. The van der Waals surface area contributed by atoms with Gasteiger partial charge in [-0.25, -0.2) is 9.37 Å². The predicted octanol–water partition coefficient (Wildman–Crippen LogP) is 2.73. The second-order valence-corrected chi connectivity index (χ2v) is 6.17. The molecule has 0 bridgehead atoms. The molecule has 128 valence electrons. The highest BCUT2D eigenvalue weighted by Crippen LogP contribution is 2.21. The van der Waals surface area contributed by atoms with Crippen LogP contribution in [0.5, 0.6) is 5.88 Å². The number of hydrogen-bond acceptors (Lipinski definition) is 5. The second kappa shape index (κ2) is 7.57. The fraction of sp³-hybridized carbons (Fsp3) is 0.444. The zero-order valence-corrected chi connectivity index (χ0v) is 14.2. The SMILES string of the molecule is COc1ccnc(N(C)C2CCCN(Cc3cccc(F)c3)C2)n1. The maximum absolute atomic E-state index is 13.4. The van der Waals surface area contributed by atoms with E-state index in [-0.39, 0.29) is 5.82 Å². The van der Waals surface area contributed by atoms with Crippen LogP contribution in [0, 0.1) is 5.82 Å². The van der Waals surface area contributed by atoms with E-state index in [1.54, 1.807) is 31.5 Å². The van der Waals surface area contributed by atoms with E-state index in [9.17, 15) is 4.39 Å². The normalized spacial score (nSPS) is 18.4. The number of likely N-dealkylation sites (tertiary alicyclic amines) is 1. The molecule has 1 fully saturated rings. The highest BCUT2D eigenvalue weighted by Gasteiger charge is 2.25. The number of piperidine rings is 1. The molecule has 0 radical (unpaired) electrons. The van der Waals surface area contributed by atoms with Crippen LogP contribution in [0.2, 0.25) is 0 Å². The first kappa shape index (κ1) is 16.6. The van der Waals surface area contributed by atoms with Crippen molar-refractivity contribution in [3.63, 3.8) is 0 Å². The van der Waals surface area contributed by atoms with Crippen LogP contribution in [0.1, 0.15) is 18.4 Å². The summed E-state index contributed by atoms with van der Waals surface area (Å²) in [7, 11) is 3.62. The van der Waals surface area contributed by atoms with Gasteiger partial charge in [0.15, 0.2) is 0 Å². The molecule has 1 aliphatic rings. The monoisotopic (exact) mass is 330 g/mol. The molecule has 0 amide bonds. The molecule has 1 aliphatic heterocycles. The molecule has 0 aliphatic carbocycles. The lowest BCUT2D eigenvalue weighted by Crippen LogP contribution is -2.46. The van der Waals surface area contributed by atoms with Crippen molar-refractivity contribution in [3.8, 4) is 5.88 Å². The van der Waals surface area contributed by atoms with Gasteiger partial charge in [0.2, 0.25) is 11.8 Å². The molecule has 5 nitrogen and oxygen atoms in total. The van der Waals surface area contributed by atoms with Gasteiger partial charge in [0.25, 0.3) is 0 Å². The first-order valence-corrected chi connectivity index (χ1v) is 8.22. The van der Waals surface area contributed by atoms with Crippen molar-refractivity contribution in [1.29, 1.82) is 0 Å². The Labute approximate surface area is 142 Å². The fourth-order valence-corrected chi connectivity index (χ4v) is 3.16. The van der Waals surface area contributed by atoms with E-state index in [0.717, 1.165) is 38.0 Å². The van der Waals surface area contributed by atoms with Crippen LogP contribution in [0.3, 0.4) is 0 Å². The quantitative estimate of drug-likeness (QED) is 0.843. The molecule has 3 rings (SSSR count). The summed E-state index contributed by atoms with van der Waals surface area (Å²) in [5.41, 5.74) is 1.01. The van der Waals surface area contributed by atoms with Crippen LogP contribution in [0.4, 0.5) is 10.3 Å². The Morgan fingerprint density at radius 1 is 1.38 bits per heavy atom. The number of aromatic nitrogens is 2. The number of hydrogen-bond donors (Lipinski definition) is 0. The molecule has 1 saturated heterocycles. The number of nitrogens with zero attached hydrogens (tertiary/aromatic N) is 4. The smallest absolute Gasteiger partial charge is 0.228 e. The number of halogens is 1. The number of anilines is 1. The molecule has 0 spiro atoms. The van der Waals surface area contributed by atoms with Crippen molar-refractivity contribution in [1.82, 2.24) is 14.9 Å². The summed E-state index contributed by atoms with van der Waals surface area (Å²) in [5.74, 6) is 1.06. The summed E-state index contributed by atoms with van der Waals surface area (Å²) in [6, 6.07) is 8.91. The van der Waals surface area contributed by atoms with Gasteiger partial charge in [0, 0.05) is 38.4 Å². The van der Waals surface area contributed by atoms with Gasteiger partial charge >= 0.3 is 0 Å². The molecule has 6 heteroatoms. The maximum Gasteiger partial charge on any atom is 0.228 e. The van der Waals surface area contributed by atoms with Crippen molar-refractivity contribution >= 4 is 5.95 Å². The molecular weight excluding hydrogens is 307 g/mol. The molecule has 24 heavy (non-hydrogen) atoms. The van der Waals surface area contributed by atoms with Crippen LogP contribution >= 0.6 is 0 Å². The summed E-state index contributed by atoms with van der Waals surface area (Å²) >= 11 is 0. The molecule has 1 aromatic heterocycles. The minimum Gasteiger partial charge on any atom is -0.481 e. The maximum atomic E-state index is 13.4. The molecule has 0 N–H and O–H groups in total. The van der Waals surface area contributed by atoms with Crippen molar-refractivity contribution < 1.29 is 9.13 Å². The van der Waals surface area contributed by atoms with Crippen LogP contribution in [0.25, 0.3) is 0 Å². The topological polar surface area (TPSA) is 41.5 Å². The molecule has 2 heterocycles. The summed E-state index contributed by atoms with van der Waals surface area (Å²) in [4.78, 5) is 13.2. The molecule has 0 saturated carbocycles. The number of benzene rings is 1. The van der Waals surface area contributed by atoms with E-state index in [2.05, 4.69) is 19.8 Å². The van der Waals surface area contributed by atoms with E-state index in [1.807, 2.05) is 13.1 Å². The Bertz CT molecular complexity index is 682. The first-order chi connectivity index (χ1) is 11.7. The van der Waals surface area contributed by atoms with Crippen molar-refractivity contribution in [2.75, 3.05) is 32.1 Å². The summed E-state index contributed by atoms with van der Waals surface area (Å²) in [6.07, 6.45) is 3.91. The molecule has 1 atom stereocenters. The highest BCUT2D eigenvalue weighted by atomic mass is 19.1. The number of rotatable bonds is 5. The van der Waals surface area contributed by atoms with Crippen molar-refractivity contribution in [2.45, 2.75) is 25.4 Å². The van der Waals surface area contributed by atoms with Crippen LogP contribution in [-0.4, -0.2) is 48.2 Å². The zero-order chi connectivity index (χ0) is 16.9. The largest absolute Gasteiger partial charge is 0.481 e.